The van der Waals surface area contributed by atoms with Gasteiger partial charge in [-0.15, -0.1) is 0 Å². The molecule has 0 bridgehead atoms. The Balaban J connectivity index is 1.77. The van der Waals surface area contributed by atoms with Gasteiger partial charge in [-0.2, -0.15) is 5.10 Å². The van der Waals surface area contributed by atoms with Crippen LogP contribution in [0.4, 0.5) is 0 Å². The molecule has 24 heavy (non-hydrogen) atoms. The van der Waals surface area contributed by atoms with Gasteiger partial charge in [0.25, 0.3) is 0 Å². The fraction of sp³-hybridized carbons (Fsp3) is 0.167. The van der Waals surface area contributed by atoms with E-state index in [1.807, 2.05) is 36.4 Å². The second-order valence-electron chi connectivity index (χ2n) is 5.88. The summed E-state index contributed by atoms with van der Waals surface area (Å²) in [4.78, 5) is 23.5. The Morgan fingerprint density at radius 1 is 1.17 bits per heavy atom. The number of carbonyl (C=O) groups is 2. The number of aromatic nitrogens is 2. The van der Waals surface area contributed by atoms with Gasteiger partial charge in [-0.3, -0.25) is 20.0 Å². The largest absolute Gasteiger partial charge is 0.296 e. The third-order valence-corrected chi connectivity index (χ3v) is 4.82. The molecule has 1 unspecified atom stereocenters. The van der Waals surface area contributed by atoms with Gasteiger partial charge in [0, 0.05) is 17.4 Å². The number of fused-ring (bicyclic) bond motifs is 1. The molecule has 2 N–H and O–H groups in total. The normalized spacial score (nSPS) is 18.0. The molecule has 1 saturated heterocycles. The first-order chi connectivity index (χ1) is 11.6. The summed E-state index contributed by atoms with van der Waals surface area (Å²) in [5, 5.41) is 10.9. The van der Waals surface area contributed by atoms with Crippen LogP contribution in [0, 0.1) is 0 Å². The number of carbonyl (C=O) groups excluding carboxylic acids is 2. The van der Waals surface area contributed by atoms with E-state index >= 15 is 0 Å². The molecule has 3 aromatic rings. The summed E-state index contributed by atoms with van der Waals surface area (Å²) >= 11 is 6.61. The Hall–Kier alpha value is -2.66. The SMILES string of the molecule is O=C1CCC(c2cccc(-c3ccc4cn[nH]c4c3)c2Cl)C(=O)N1. The highest BCUT2D eigenvalue weighted by Gasteiger charge is 2.30. The monoisotopic (exact) mass is 339 g/mol. The summed E-state index contributed by atoms with van der Waals surface area (Å²) in [5.74, 6) is -0.909. The van der Waals surface area contributed by atoms with Crippen molar-refractivity contribution in [1.29, 1.82) is 0 Å². The first-order valence-corrected chi connectivity index (χ1v) is 8.07. The molecule has 0 saturated carbocycles. The summed E-state index contributed by atoms with van der Waals surface area (Å²) in [7, 11) is 0. The lowest BCUT2D eigenvalue weighted by atomic mass is 9.88. The van der Waals surface area contributed by atoms with Crippen molar-refractivity contribution in [3.8, 4) is 11.1 Å². The molecule has 1 aliphatic heterocycles. The molecule has 0 aliphatic carbocycles. The Kier molecular flexibility index (Phi) is 3.58. The number of nitrogens with zero attached hydrogens (tertiary/aromatic N) is 1. The van der Waals surface area contributed by atoms with Crippen molar-refractivity contribution in [2.75, 3.05) is 0 Å². The zero-order valence-corrected chi connectivity index (χ0v) is 13.4. The molecule has 2 heterocycles. The lowest BCUT2D eigenvalue weighted by Crippen LogP contribution is -2.39. The molecule has 0 radical (unpaired) electrons. The zero-order valence-electron chi connectivity index (χ0n) is 12.7. The highest BCUT2D eigenvalue weighted by molar-refractivity contribution is 6.34. The lowest BCUT2D eigenvalue weighted by Gasteiger charge is -2.23. The minimum atomic E-state index is -0.397. The number of piperidine rings is 1. The summed E-state index contributed by atoms with van der Waals surface area (Å²) < 4.78 is 0. The van der Waals surface area contributed by atoms with Crippen LogP contribution in [-0.2, 0) is 9.59 Å². The minimum absolute atomic E-state index is 0.228. The highest BCUT2D eigenvalue weighted by Crippen LogP contribution is 2.37. The van der Waals surface area contributed by atoms with Crippen molar-refractivity contribution in [3.05, 3.63) is 53.2 Å². The summed E-state index contributed by atoms with van der Waals surface area (Å²) in [5.41, 5.74) is 3.49. The van der Waals surface area contributed by atoms with Gasteiger partial charge in [-0.1, -0.05) is 41.9 Å². The van der Waals surface area contributed by atoms with E-state index in [1.54, 1.807) is 6.20 Å². The van der Waals surface area contributed by atoms with Gasteiger partial charge < -0.3 is 0 Å². The molecule has 1 fully saturated rings. The average Bonchev–Trinajstić information content (AvgIpc) is 3.03. The van der Waals surface area contributed by atoms with E-state index in [-0.39, 0.29) is 11.8 Å². The van der Waals surface area contributed by atoms with E-state index in [0.29, 0.717) is 17.9 Å². The second-order valence-corrected chi connectivity index (χ2v) is 6.26. The third-order valence-electron chi connectivity index (χ3n) is 4.40. The number of imide groups is 1. The molecule has 1 aromatic heterocycles. The first kappa shape index (κ1) is 14.9. The molecule has 4 rings (SSSR count). The number of benzene rings is 2. The Morgan fingerprint density at radius 3 is 2.88 bits per heavy atom. The van der Waals surface area contributed by atoms with Gasteiger partial charge >= 0.3 is 0 Å². The fourth-order valence-corrected chi connectivity index (χ4v) is 3.50. The van der Waals surface area contributed by atoms with Crippen LogP contribution >= 0.6 is 11.6 Å². The lowest BCUT2D eigenvalue weighted by molar-refractivity contribution is -0.134. The van der Waals surface area contributed by atoms with E-state index in [9.17, 15) is 9.59 Å². The van der Waals surface area contributed by atoms with Crippen LogP contribution in [0.5, 0.6) is 0 Å². The maximum atomic E-state index is 12.1. The molecule has 5 nitrogen and oxygen atoms in total. The molecule has 120 valence electrons. The van der Waals surface area contributed by atoms with E-state index in [2.05, 4.69) is 15.5 Å². The molecule has 1 atom stereocenters. The van der Waals surface area contributed by atoms with Crippen molar-refractivity contribution >= 4 is 34.3 Å². The van der Waals surface area contributed by atoms with Gasteiger partial charge in [0.2, 0.25) is 11.8 Å². The maximum absolute atomic E-state index is 12.1. The Labute approximate surface area is 143 Å². The average molecular weight is 340 g/mol. The van der Waals surface area contributed by atoms with Crippen molar-refractivity contribution in [2.24, 2.45) is 0 Å². The molecule has 2 amide bonds. The number of hydrogen-bond donors (Lipinski definition) is 2. The van der Waals surface area contributed by atoms with E-state index in [0.717, 1.165) is 27.6 Å². The maximum Gasteiger partial charge on any atom is 0.234 e. The topological polar surface area (TPSA) is 74.8 Å². The number of nitrogens with one attached hydrogen (secondary N) is 2. The molecular formula is C18H14ClN3O2. The van der Waals surface area contributed by atoms with Crippen LogP contribution in [0.25, 0.3) is 22.0 Å². The van der Waals surface area contributed by atoms with Crippen LogP contribution in [0.1, 0.15) is 24.3 Å². The van der Waals surface area contributed by atoms with Gasteiger partial charge in [-0.05, 0) is 23.6 Å². The third kappa shape index (κ3) is 2.47. The number of halogens is 1. The zero-order chi connectivity index (χ0) is 16.7. The predicted molar refractivity (Wildman–Crippen MR) is 91.7 cm³/mol. The van der Waals surface area contributed by atoms with Gasteiger partial charge in [-0.25, -0.2) is 0 Å². The van der Waals surface area contributed by atoms with Crippen molar-refractivity contribution in [1.82, 2.24) is 15.5 Å². The molecular weight excluding hydrogens is 326 g/mol. The summed E-state index contributed by atoms with van der Waals surface area (Å²) in [6.07, 6.45) is 2.57. The highest BCUT2D eigenvalue weighted by atomic mass is 35.5. The van der Waals surface area contributed by atoms with Crippen molar-refractivity contribution < 1.29 is 9.59 Å². The minimum Gasteiger partial charge on any atom is -0.296 e. The number of aromatic amines is 1. The summed E-state index contributed by atoms with van der Waals surface area (Å²) in [6.45, 7) is 0. The molecule has 0 spiro atoms. The number of hydrogen-bond acceptors (Lipinski definition) is 3. The number of H-pyrrole nitrogens is 1. The fourth-order valence-electron chi connectivity index (χ4n) is 3.14. The predicted octanol–water partition coefficient (Wildman–Crippen LogP) is 3.40. The van der Waals surface area contributed by atoms with E-state index < -0.39 is 5.92 Å². The van der Waals surface area contributed by atoms with Crippen LogP contribution < -0.4 is 5.32 Å². The van der Waals surface area contributed by atoms with E-state index in [4.69, 9.17) is 11.6 Å². The van der Waals surface area contributed by atoms with Gasteiger partial charge in [0.15, 0.2) is 0 Å². The Bertz CT molecular complexity index is 964. The molecule has 1 aliphatic rings. The second kappa shape index (κ2) is 5.76. The van der Waals surface area contributed by atoms with E-state index in [1.165, 1.54) is 0 Å². The quantitative estimate of drug-likeness (QED) is 0.703. The van der Waals surface area contributed by atoms with Crippen molar-refractivity contribution in [2.45, 2.75) is 18.8 Å². The Morgan fingerprint density at radius 2 is 2.04 bits per heavy atom. The number of rotatable bonds is 2. The van der Waals surface area contributed by atoms with Crippen LogP contribution in [0.2, 0.25) is 5.02 Å². The van der Waals surface area contributed by atoms with Crippen LogP contribution in [0.15, 0.2) is 42.6 Å². The first-order valence-electron chi connectivity index (χ1n) is 7.69. The number of amides is 2. The smallest absolute Gasteiger partial charge is 0.234 e. The summed E-state index contributed by atoms with van der Waals surface area (Å²) in [6, 6.07) is 11.6. The van der Waals surface area contributed by atoms with Crippen LogP contribution in [0.3, 0.4) is 0 Å². The van der Waals surface area contributed by atoms with Gasteiger partial charge in [0.05, 0.1) is 22.7 Å². The molecule has 6 heteroatoms. The van der Waals surface area contributed by atoms with Gasteiger partial charge in [0.1, 0.15) is 0 Å². The van der Waals surface area contributed by atoms with Crippen molar-refractivity contribution in [3.63, 3.8) is 0 Å². The van der Waals surface area contributed by atoms with Crippen LogP contribution in [-0.4, -0.2) is 22.0 Å². The standard InChI is InChI=1S/C18H14ClN3O2/c19-17-12(10-4-5-11-9-20-22-15(11)8-10)2-1-3-13(17)14-6-7-16(23)21-18(14)24/h1-5,8-9,14H,6-7H2,(H,20,22)(H,21,23,24). The molecule has 2 aromatic carbocycles.